The summed E-state index contributed by atoms with van der Waals surface area (Å²) in [6.07, 6.45) is 6.31. The van der Waals surface area contributed by atoms with Gasteiger partial charge in [0.2, 0.25) is 5.91 Å². The van der Waals surface area contributed by atoms with Crippen molar-refractivity contribution in [1.82, 2.24) is 14.7 Å². The number of hydrogen-bond donors (Lipinski definition) is 0. The maximum absolute atomic E-state index is 12.6. The van der Waals surface area contributed by atoms with E-state index in [1.54, 1.807) is 7.11 Å². The Morgan fingerprint density at radius 1 is 1.32 bits per heavy atom. The summed E-state index contributed by atoms with van der Waals surface area (Å²) < 4.78 is 12.9. The summed E-state index contributed by atoms with van der Waals surface area (Å²) in [5.74, 6) is 1.49. The van der Waals surface area contributed by atoms with Crippen LogP contribution in [0, 0.1) is 6.92 Å². The molecule has 0 unspecified atom stereocenters. The van der Waals surface area contributed by atoms with Gasteiger partial charge in [0.1, 0.15) is 0 Å². The van der Waals surface area contributed by atoms with Gasteiger partial charge in [0.15, 0.2) is 11.5 Å². The van der Waals surface area contributed by atoms with Gasteiger partial charge in [-0.2, -0.15) is 5.10 Å². The normalized spacial score (nSPS) is 16.9. The smallest absolute Gasteiger partial charge is 0.226 e. The molecule has 1 aromatic heterocycles. The molecule has 1 amide bonds. The van der Waals surface area contributed by atoms with Crippen molar-refractivity contribution in [3.63, 3.8) is 0 Å². The number of carbonyl (C=O) groups excluding carboxylic acids is 1. The fraction of sp³-hybridized carbons (Fsp3) is 0.474. The zero-order valence-corrected chi connectivity index (χ0v) is 14.9. The fourth-order valence-electron chi connectivity index (χ4n) is 3.27. The Kier molecular flexibility index (Phi) is 5.58. The van der Waals surface area contributed by atoms with Crippen LogP contribution in [-0.4, -0.2) is 46.9 Å². The monoisotopic (exact) mass is 343 g/mol. The number of aromatic nitrogens is 2. The SMILES string of the molecule is COc1ccccc1OCCC(=O)N1CCC[C@H]1Cn1cc(C)cn1. The number of hydrogen-bond acceptors (Lipinski definition) is 4. The molecule has 1 saturated heterocycles. The number of carbonyl (C=O) groups is 1. The van der Waals surface area contributed by atoms with E-state index in [0.29, 0.717) is 24.5 Å². The number of likely N-dealkylation sites (tertiary alicyclic amines) is 1. The van der Waals surface area contributed by atoms with Crippen LogP contribution in [0.2, 0.25) is 0 Å². The standard InChI is InChI=1S/C19H25N3O3/c1-15-12-20-21(13-15)14-16-6-5-10-22(16)19(23)9-11-25-18-8-4-3-7-17(18)24-2/h3-4,7-8,12-13,16H,5-6,9-11,14H2,1-2H3/t16-/m0/s1. The number of aryl methyl sites for hydroxylation is 1. The Hall–Kier alpha value is -2.50. The van der Waals surface area contributed by atoms with E-state index in [9.17, 15) is 4.79 Å². The van der Waals surface area contributed by atoms with Crippen molar-refractivity contribution < 1.29 is 14.3 Å². The molecule has 134 valence electrons. The van der Waals surface area contributed by atoms with Crippen LogP contribution in [0.3, 0.4) is 0 Å². The quantitative estimate of drug-likeness (QED) is 0.775. The third-order valence-corrected chi connectivity index (χ3v) is 4.50. The van der Waals surface area contributed by atoms with Crippen LogP contribution < -0.4 is 9.47 Å². The molecule has 1 aromatic carbocycles. The van der Waals surface area contributed by atoms with Gasteiger partial charge in [-0.15, -0.1) is 0 Å². The number of rotatable bonds is 7. The topological polar surface area (TPSA) is 56.6 Å². The van der Waals surface area contributed by atoms with Crippen LogP contribution in [0.5, 0.6) is 11.5 Å². The number of amides is 1. The second-order valence-electron chi connectivity index (χ2n) is 6.37. The Morgan fingerprint density at radius 3 is 2.84 bits per heavy atom. The summed E-state index contributed by atoms with van der Waals surface area (Å²) >= 11 is 0. The van der Waals surface area contributed by atoms with Crippen molar-refractivity contribution in [2.45, 2.75) is 38.8 Å². The maximum Gasteiger partial charge on any atom is 0.226 e. The van der Waals surface area contributed by atoms with Crippen molar-refractivity contribution in [2.24, 2.45) is 0 Å². The van der Waals surface area contributed by atoms with E-state index in [1.165, 1.54) is 0 Å². The van der Waals surface area contributed by atoms with Gasteiger partial charge < -0.3 is 14.4 Å². The summed E-state index contributed by atoms with van der Waals surface area (Å²) in [5.41, 5.74) is 1.14. The van der Waals surface area contributed by atoms with Crippen molar-refractivity contribution in [2.75, 3.05) is 20.3 Å². The minimum absolute atomic E-state index is 0.140. The van der Waals surface area contributed by atoms with Crippen LogP contribution in [0.4, 0.5) is 0 Å². The predicted molar refractivity (Wildman–Crippen MR) is 94.8 cm³/mol. The molecule has 0 N–H and O–H groups in total. The fourth-order valence-corrected chi connectivity index (χ4v) is 3.27. The van der Waals surface area contributed by atoms with E-state index < -0.39 is 0 Å². The van der Waals surface area contributed by atoms with Crippen LogP contribution in [0.25, 0.3) is 0 Å². The van der Waals surface area contributed by atoms with Crippen molar-refractivity contribution in [3.8, 4) is 11.5 Å². The second kappa shape index (κ2) is 8.05. The second-order valence-corrected chi connectivity index (χ2v) is 6.37. The molecule has 0 radical (unpaired) electrons. The maximum atomic E-state index is 12.6. The van der Waals surface area contributed by atoms with Gasteiger partial charge in [-0.25, -0.2) is 0 Å². The van der Waals surface area contributed by atoms with Crippen molar-refractivity contribution in [3.05, 3.63) is 42.2 Å². The van der Waals surface area contributed by atoms with Gasteiger partial charge in [0.05, 0.1) is 38.9 Å². The van der Waals surface area contributed by atoms with E-state index in [1.807, 2.05) is 53.2 Å². The van der Waals surface area contributed by atoms with E-state index >= 15 is 0 Å². The number of ether oxygens (including phenoxy) is 2. The first-order valence-corrected chi connectivity index (χ1v) is 8.71. The number of benzene rings is 1. The third-order valence-electron chi connectivity index (χ3n) is 4.50. The summed E-state index contributed by atoms with van der Waals surface area (Å²) in [6, 6.07) is 7.70. The van der Waals surface area contributed by atoms with Crippen molar-refractivity contribution in [1.29, 1.82) is 0 Å². The molecule has 3 rings (SSSR count). The number of para-hydroxylation sites is 2. The number of nitrogens with zero attached hydrogens (tertiary/aromatic N) is 3. The molecule has 0 spiro atoms. The molecule has 25 heavy (non-hydrogen) atoms. The average molecular weight is 343 g/mol. The minimum Gasteiger partial charge on any atom is -0.493 e. The molecule has 0 saturated carbocycles. The molecule has 2 heterocycles. The Bertz CT molecular complexity index is 713. The van der Waals surface area contributed by atoms with Crippen LogP contribution in [0.15, 0.2) is 36.7 Å². The summed E-state index contributed by atoms with van der Waals surface area (Å²) in [4.78, 5) is 14.6. The lowest BCUT2D eigenvalue weighted by molar-refractivity contribution is -0.132. The molecule has 6 nitrogen and oxygen atoms in total. The summed E-state index contributed by atoms with van der Waals surface area (Å²) in [6.45, 7) is 3.95. The zero-order valence-electron chi connectivity index (χ0n) is 14.9. The van der Waals surface area contributed by atoms with Gasteiger partial charge >= 0.3 is 0 Å². The Balaban J connectivity index is 1.51. The molecule has 1 aliphatic rings. The lowest BCUT2D eigenvalue weighted by atomic mass is 10.2. The highest BCUT2D eigenvalue weighted by Gasteiger charge is 2.28. The van der Waals surface area contributed by atoms with E-state index in [-0.39, 0.29) is 11.9 Å². The molecule has 1 atom stereocenters. The van der Waals surface area contributed by atoms with Gasteiger partial charge in [0.25, 0.3) is 0 Å². The first-order valence-electron chi connectivity index (χ1n) is 8.71. The van der Waals surface area contributed by atoms with Crippen LogP contribution in [-0.2, 0) is 11.3 Å². The summed E-state index contributed by atoms with van der Waals surface area (Å²) in [7, 11) is 1.61. The minimum atomic E-state index is 0.140. The van der Waals surface area contributed by atoms with E-state index in [2.05, 4.69) is 5.10 Å². The Labute approximate surface area is 148 Å². The highest BCUT2D eigenvalue weighted by molar-refractivity contribution is 5.77. The molecule has 1 aliphatic heterocycles. The van der Waals surface area contributed by atoms with Crippen LogP contribution in [0.1, 0.15) is 24.8 Å². The molecule has 0 bridgehead atoms. The molecule has 6 heteroatoms. The predicted octanol–water partition coefficient (Wildman–Crippen LogP) is 2.66. The lowest BCUT2D eigenvalue weighted by Gasteiger charge is -2.25. The average Bonchev–Trinajstić information content (AvgIpc) is 3.24. The molecule has 1 fully saturated rings. The highest BCUT2D eigenvalue weighted by atomic mass is 16.5. The van der Waals surface area contributed by atoms with Gasteiger partial charge in [-0.1, -0.05) is 12.1 Å². The molecule has 0 aliphatic carbocycles. The van der Waals surface area contributed by atoms with Crippen molar-refractivity contribution >= 4 is 5.91 Å². The zero-order chi connectivity index (χ0) is 17.6. The molecule has 2 aromatic rings. The highest BCUT2D eigenvalue weighted by Crippen LogP contribution is 2.26. The van der Waals surface area contributed by atoms with Gasteiger partial charge in [-0.05, 0) is 37.5 Å². The number of methoxy groups -OCH3 is 1. The Morgan fingerprint density at radius 2 is 2.12 bits per heavy atom. The van der Waals surface area contributed by atoms with Gasteiger partial charge in [-0.3, -0.25) is 9.48 Å². The molecular weight excluding hydrogens is 318 g/mol. The summed E-state index contributed by atoms with van der Waals surface area (Å²) in [5, 5.41) is 4.33. The first kappa shape index (κ1) is 17.3. The van der Waals surface area contributed by atoms with E-state index in [4.69, 9.17) is 9.47 Å². The largest absolute Gasteiger partial charge is 0.493 e. The van der Waals surface area contributed by atoms with Crippen LogP contribution >= 0.6 is 0 Å². The first-order chi connectivity index (χ1) is 12.2. The van der Waals surface area contributed by atoms with E-state index in [0.717, 1.165) is 31.5 Å². The molecular formula is C19H25N3O3. The third kappa shape index (κ3) is 4.32. The lowest BCUT2D eigenvalue weighted by Crippen LogP contribution is -2.38. The van der Waals surface area contributed by atoms with Gasteiger partial charge in [0, 0.05) is 12.7 Å².